The molecular formula is C22H16Cl2N4O2. The second kappa shape index (κ2) is 8.65. The van der Waals surface area contributed by atoms with Gasteiger partial charge in [0.25, 0.3) is 0 Å². The molecule has 0 spiro atoms. The van der Waals surface area contributed by atoms with Gasteiger partial charge in [-0.2, -0.15) is 0 Å². The Bertz CT molecular complexity index is 1230. The average Bonchev–Trinajstić information content (AvgIpc) is 2.78. The van der Waals surface area contributed by atoms with Gasteiger partial charge in [-0.05, 0) is 42.5 Å². The molecule has 0 fully saturated rings. The Labute approximate surface area is 182 Å². The standard InChI is InChI=1S/C22H16Cl2N4O2/c1-30-15-8-6-13(7-9-15)18-11-19(27-22(26-18)28-20(29)12-23)16-10-14-4-2-3-5-17(14)25-21(16)24/h2-11H,12H2,1H3,(H,26,27,28,29). The number of aromatic nitrogens is 3. The van der Waals surface area contributed by atoms with Crippen molar-refractivity contribution in [3.63, 3.8) is 0 Å². The van der Waals surface area contributed by atoms with E-state index >= 15 is 0 Å². The van der Waals surface area contributed by atoms with Crippen LogP contribution in [-0.2, 0) is 4.79 Å². The number of rotatable bonds is 5. The van der Waals surface area contributed by atoms with Crippen molar-refractivity contribution in [1.82, 2.24) is 15.0 Å². The van der Waals surface area contributed by atoms with Crippen LogP contribution in [0.4, 0.5) is 5.95 Å². The number of amides is 1. The number of hydrogen-bond acceptors (Lipinski definition) is 5. The van der Waals surface area contributed by atoms with Gasteiger partial charge in [-0.3, -0.25) is 10.1 Å². The highest BCUT2D eigenvalue weighted by molar-refractivity contribution is 6.32. The minimum absolute atomic E-state index is 0.133. The number of pyridine rings is 1. The van der Waals surface area contributed by atoms with E-state index in [0.29, 0.717) is 22.1 Å². The first-order valence-corrected chi connectivity index (χ1v) is 9.93. The van der Waals surface area contributed by atoms with Gasteiger partial charge >= 0.3 is 0 Å². The van der Waals surface area contributed by atoms with Gasteiger partial charge in [0.1, 0.15) is 16.8 Å². The van der Waals surface area contributed by atoms with Crippen molar-refractivity contribution >= 4 is 46.0 Å². The van der Waals surface area contributed by atoms with Crippen molar-refractivity contribution in [1.29, 1.82) is 0 Å². The molecule has 2 aromatic heterocycles. The van der Waals surface area contributed by atoms with Crippen LogP contribution in [0.5, 0.6) is 5.75 Å². The van der Waals surface area contributed by atoms with Gasteiger partial charge < -0.3 is 4.74 Å². The molecule has 0 saturated heterocycles. The zero-order chi connectivity index (χ0) is 21.1. The Kier molecular flexibility index (Phi) is 5.79. The molecule has 4 rings (SSSR count). The van der Waals surface area contributed by atoms with E-state index in [1.807, 2.05) is 54.6 Å². The number of methoxy groups -OCH3 is 1. The molecule has 150 valence electrons. The van der Waals surface area contributed by atoms with E-state index in [9.17, 15) is 4.79 Å². The van der Waals surface area contributed by atoms with Crippen molar-refractivity contribution < 1.29 is 9.53 Å². The Hall–Kier alpha value is -3.22. The normalized spacial score (nSPS) is 10.8. The summed E-state index contributed by atoms with van der Waals surface area (Å²) >= 11 is 12.1. The average molecular weight is 439 g/mol. The quantitative estimate of drug-likeness (QED) is 0.342. The number of fused-ring (bicyclic) bond motifs is 1. The lowest BCUT2D eigenvalue weighted by molar-refractivity contribution is -0.114. The van der Waals surface area contributed by atoms with E-state index in [2.05, 4.69) is 20.3 Å². The smallest absolute Gasteiger partial charge is 0.241 e. The molecule has 1 N–H and O–H groups in total. The number of benzene rings is 2. The van der Waals surface area contributed by atoms with E-state index < -0.39 is 5.91 Å². The maximum atomic E-state index is 11.8. The van der Waals surface area contributed by atoms with Crippen molar-refractivity contribution in [3.05, 3.63) is 65.8 Å². The van der Waals surface area contributed by atoms with Gasteiger partial charge in [0.05, 0.1) is 24.0 Å². The molecule has 6 nitrogen and oxygen atoms in total. The lowest BCUT2D eigenvalue weighted by atomic mass is 10.1. The summed E-state index contributed by atoms with van der Waals surface area (Å²) < 4.78 is 5.22. The minimum atomic E-state index is -0.405. The van der Waals surface area contributed by atoms with Gasteiger partial charge in [-0.25, -0.2) is 15.0 Å². The molecule has 0 aliphatic carbocycles. The van der Waals surface area contributed by atoms with Crippen LogP contribution in [-0.4, -0.2) is 33.8 Å². The van der Waals surface area contributed by atoms with Crippen LogP contribution in [0.2, 0.25) is 5.15 Å². The maximum absolute atomic E-state index is 11.8. The van der Waals surface area contributed by atoms with Gasteiger partial charge in [-0.1, -0.05) is 29.8 Å². The second-order valence-electron chi connectivity index (χ2n) is 6.39. The summed E-state index contributed by atoms with van der Waals surface area (Å²) in [5.41, 5.74) is 3.38. The summed E-state index contributed by atoms with van der Waals surface area (Å²) in [6.07, 6.45) is 0. The number of carbonyl (C=O) groups excluding carboxylic acids is 1. The lowest BCUT2D eigenvalue weighted by Crippen LogP contribution is -2.15. The first-order chi connectivity index (χ1) is 14.6. The Morgan fingerprint density at radius 2 is 1.73 bits per heavy atom. The van der Waals surface area contributed by atoms with E-state index in [1.165, 1.54) is 0 Å². The molecule has 0 bridgehead atoms. The van der Waals surface area contributed by atoms with Crippen molar-refractivity contribution in [3.8, 4) is 28.3 Å². The van der Waals surface area contributed by atoms with Crippen LogP contribution < -0.4 is 10.1 Å². The molecule has 0 atom stereocenters. The Morgan fingerprint density at radius 1 is 1.00 bits per heavy atom. The van der Waals surface area contributed by atoms with Gasteiger partial charge in [0.15, 0.2) is 0 Å². The zero-order valence-electron chi connectivity index (χ0n) is 15.9. The molecule has 2 heterocycles. The fourth-order valence-electron chi connectivity index (χ4n) is 2.98. The number of nitrogens with zero attached hydrogens (tertiary/aromatic N) is 3. The number of para-hydroxylation sites is 1. The number of nitrogens with one attached hydrogen (secondary N) is 1. The third-order valence-corrected chi connectivity index (χ3v) is 4.97. The van der Waals surface area contributed by atoms with Gasteiger partial charge in [-0.15, -0.1) is 11.6 Å². The van der Waals surface area contributed by atoms with Crippen LogP contribution in [0.25, 0.3) is 33.4 Å². The van der Waals surface area contributed by atoms with Crippen LogP contribution in [0, 0.1) is 0 Å². The second-order valence-corrected chi connectivity index (χ2v) is 7.02. The predicted octanol–water partition coefficient (Wildman–Crippen LogP) is 5.20. The molecular weight excluding hydrogens is 423 g/mol. The fourth-order valence-corrected chi connectivity index (χ4v) is 3.29. The molecule has 0 saturated carbocycles. The van der Waals surface area contributed by atoms with E-state index in [0.717, 1.165) is 22.2 Å². The summed E-state index contributed by atoms with van der Waals surface area (Å²) in [6.45, 7) is 0. The van der Waals surface area contributed by atoms with Crippen LogP contribution in [0.3, 0.4) is 0 Å². The highest BCUT2D eigenvalue weighted by Gasteiger charge is 2.14. The summed E-state index contributed by atoms with van der Waals surface area (Å²) in [5.74, 6) is 0.250. The Morgan fingerprint density at radius 3 is 2.47 bits per heavy atom. The molecule has 2 aromatic carbocycles. The molecule has 8 heteroatoms. The van der Waals surface area contributed by atoms with E-state index in [1.54, 1.807) is 13.2 Å². The van der Waals surface area contributed by atoms with Crippen LogP contribution in [0.15, 0.2) is 60.7 Å². The first-order valence-electron chi connectivity index (χ1n) is 9.02. The van der Waals surface area contributed by atoms with Crippen molar-refractivity contribution in [2.24, 2.45) is 0 Å². The summed E-state index contributed by atoms with van der Waals surface area (Å²) in [6, 6.07) is 18.8. The third kappa shape index (κ3) is 4.20. The minimum Gasteiger partial charge on any atom is -0.497 e. The summed E-state index contributed by atoms with van der Waals surface area (Å²) in [5, 5.41) is 3.84. The fraction of sp³-hybridized carbons (Fsp3) is 0.0909. The summed E-state index contributed by atoms with van der Waals surface area (Å²) in [4.78, 5) is 25.2. The molecule has 4 aromatic rings. The highest BCUT2D eigenvalue weighted by Crippen LogP contribution is 2.32. The van der Waals surface area contributed by atoms with Crippen LogP contribution >= 0.6 is 23.2 Å². The number of ether oxygens (including phenoxy) is 1. The topological polar surface area (TPSA) is 77.0 Å². The third-order valence-electron chi connectivity index (χ3n) is 4.44. The SMILES string of the molecule is COc1ccc(-c2cc(-c3cc4ccccc4nc3Cl)nc(NC(=O)CCl)n2)cc1. The largest absolute Gasteiger partial charge is 0.497 e. The number of hydrogen-bond donors (Lipinski definition) is 1. The molecule has 1 amide bonds. The van der Waals surface area contributed by atoms with E-state index in [-0.39, 0.29) is 11.8 Å². The predicted molar refractivity (Wildman–Crippen MR) is 119 cm³/mol. The maximum Gasteiger partial charge on any atom is 0.241 e. The number of halogens is 2. The van der Waals surface area contributed by atoms with E-state index in [4.69, 9.17) is 27.9 Å². The number of carbonyl (C=O) groups is 1. The van der Waals surface area contributed by atoms with Crippen molar-refractivity contribution in [2.75, 3.05) is 18.3 Å². The van der Waals surface area contributed by atoms with Gasteiger partial charge in [0, 0.05) is 16.5 Å². The zero-order valence-corrected chi connectivity index (χ0v) is 17.4. The summed E-state index contributed by atoms with van der Waals surface area (Å²) in [7, 11) is 1.60. The number of alkyl halides is 1. The van der Waals surface area contributed by atoms with Gasteiger partial charge in [0.2, 0.25) is 11.9 Å². The van der Waals surface area contributed by atoms with Crippen LogP contribution in [0.1, 0.15) is 0 Å². The Balaban J connectivity index is 1.87. The molecule has 30 heavy (non-hydrogen) atoms. The number of anilines is 1. The highest BCUT2D eigenvalue weighted by atomic mass is 35.5. The van der Waals surface area contributed by atoms with Crippen molar-refractivity contribution in [2.45, 2.75) is 0 Å². The lowest BCUT2D eigenvalue weighted by Gasteiger charge is -2.11. The molecule has 0 radical (unpaired) electrons. The monoisotopic (exact) mass is 438 g/mol. The molecule has 0 aliphatic heterocycles. The first kappa shape index (κ1) is 20.1. The molecule has 0 unspecified atom stereocenters. The molecule has 0 aliphatic rings.